The molecule has 0 saturated carbocycles. The first kappa shape index (κ1) is 13.5. The van der Waals surface area contributed by atoms with E-state index in [2.05, 4.69) is 0 Å². The Labute approximate surface area is 115 Å². The zero-order valence-electron chi connectivity index (χ0n) is 11.0. The Morgan fingerprint density at radius 2 is 2.21 bits per heavy atom. The summed E-state index contributed by atoms with van der Waals surface area (Å²) in [6, 6.07) is 7.04. The Morgan fingerprint density at radius 3 is 2.79 bits per heavy atom. The van der Waals surface area contributed by atoms with Crippen LogP contribution >= 0.6 is 11.3 Å². The zero-order chi connectivity index (χ0) is 13.8. The number of aromatic nitrogens is 1. The minimum absolute atomic E-state index is 0.103. The van der Waals surface area contributed by atoms with E-state index in [0.29, 0.717) is 18.7 Å². The molecule has 0 saturated heterocycles. The molecule has 2 rings (SSSR count). The van der Waals surface area contributed by atoms with Gasteiger partial charge in [-0.3, -0.25) is 9.59 Å². The van der Waals surface area contributed by atoms with E-state index in [9.17, 15) is 9.59 Å². The van der Waals surface area contributed by atoms with E-state index < -0.39 is 0 Å². The van der Waals surface area contributed by atoms with Crippen LogP contribution in [0.3, 0.4) is 0 Å². The lowest BCUT2D eigenvalue weighted by molar-refractivity contribution is 0.0754. The van der Waals surface area contributed by atoms with Crippen molar-refractivity contribution >= 4 is 17.2 Å². The number of hydrogen-bond donors (Lipinski definition) is 0. The minimum Gasteiger partial charge on any atom is -0.334 e. The van der Waals surface area contributed by atoms with Crippen molar-refractivity contribution in [2.24, 2.45) is 7.05 Å². The van der Waals surface area contributed by atoms with Gasteiger partial charge in [0.15, 0.2) is 0 Å². The lowest BCUT2D eigenvalue weighted by Crippen LogP contribution is -2.31. The van der Waals surface area contributed by atoms with Gasteiger partial charge < -0.3 is 9.47 Å². The Morgan fingerprint density at radius 1 is 1.42 bits per heavy atom. The van der Waals surface area contributed by atoms with E-state index >= 15 is 0 Å². The van der Waals surface area contributed by atoms with Crippen molar-refractivity contribution in [3.05, 3.63) is 56.6 Å². The van der Waals surface area contributed by atoms with Gasteiger partial charge in [0.2, 0.25) is 0 Å². The maximum Gasteiger partial charge on any atom is 0.254 e. The first-order chi connectivity index (χ1) is 9.11. The van der Waals surface area contributed by atoms with Crippen molar-refractivity contribution in [1.29, 1.82) is 0 Å². The van der Waals surface area contributed by atoms with Gasteiger partial charge in [0.1, 0.15) is 0 Å². The van der Waals surface area contributed by atoms with Crippen molar-refractivity contribution in [2.45, 2.75) is 13.5 Å². The number of aryl methyl sites for hydroxylation is 1. The van der Waals surface area contributed by atoms with Crippen LogP contribution in [-0.2, 0) is 13.6 Å². The fraction of sp³-hybridized carbons (Fsp3) is 0.286. The van der Waals surface area contributed by atoms with Gasteiger partial charge >= 0.3 is 0 Å². The molecule has 0 aliphatic rings. The van der Waals surface area contributed by atoms with Crippen molar-refractivity contribution in [3.63, 3.8) is 0 Å². The molecule has 0 bridgehead atoms. The van der Waals surface area contributed by atoms with E-state index in [1.807, 2.05) is 24.4 Å². The molecule has 5 heteroatoms. The van der Waals surface area contributed by atoms with Crippen molar-refractivity contribution in [3.8, 4) is 0 Å². The molecule has 0 fully saturated rings. The topological polar surface area (TPSA) is 42.3 Å². The Balaban J connectivity index is 2.20. The molecule has 0 atom stereocenters. The largest absolute Gasteiger partial charge is 0.334 e. The second kappa shape index (κ2) is 5.84. The van der Waals surface area contributed by atoms with Gasteiger partial charge in [-0.05, 0) is 24.4 Å². The minimum atomic E-state index is -0.168. The van der Waals surface area contributed by atoms with Crippen LogP contribution in [0.25, 0.3) is 0 Å². The Bertz CT molecular complexity index is 617. The molecule has 2 heterocycles. The van der Waals surface area contributed by atoms with Gasteiger partial charge in [-0.25, -0.2) is 0 Å². The normalized spacial score (nSPS) is 10.4. The van der Waals surface area contributed by atoms with Crippen molar-refractivity contribution in [2.75, 3.05) is 6.54 Å². The molecular formula is C14H16N2O2S. The predicted octanol–water partition coefficient (Wildman–Crippen LogP) is 2.11. The maximum absolute atomic E-state index is 12.3. The van der Waals surface area contributed by atoms with Crippen LogP contribution in [0.5, 0.6) is 0 Å². The second-order valence-electron chi connectivity index (χ2n) is 4.26. The zero-order valence-corrected chi connectivity index (χ0v) is 11.8. The van der Waals surface area contributed by atoms with Gasteiger partial charge in [0, 0.05) is 36.3 Å². The molecule has 2 aromatic rings. The smallest absolute Gasteiger partial charge is 0.254 e. The van der Waals surface area contributed by atoms with E-state index in [1.54, 1.807) is 35.5 Å². The SMILES string of the molecule is CCN(Cc1cccs1)C(=O)c1ccn(C)c(=O)c1. The highest BCUT2D eigenvalue weighted by atomic mass is 32.1. The van der Waals surface area contributed by atoms with Crippen LogP contribution in [0.15, 0.2) is 40.6 Å². The molecule has 100 valence electrons. The first-order valence-corrected chi connectivity index (χ1v) is 6.98. The number of thiophene rings is 1. The van der Waals surface area contributed by atoms with Gasteiger partial charge in [-0.2, -0.15) is 0 Å². The summed E-state index contributed by atoms with van der Waals surface area (Å²) < 4.78 is 1.45. The average molecular weight is 276 g/mol. The highest BCUT2D eigenvalue weighted by Gasteiger charge is 2.15. The van der Waals surface area contributed by atoms with Crippen LogP contribution in [0.2, 0.25) is 0 Å². The summed E-state index contributed by atoms with van der Waals surface area (Å²) in [7, 11) is 1.67. The van der Waals surface area contributed by atoms with Gasteiger partial charge in [0.25, 0.3) is 11.5 Å². The number of nitrogens with zero attached hydrogens (tertiary/aromatic N) is 2. The van der Waals surface area contributed by atoms with Crippen LogP contribution < -0.4 is 5.56 Å². The molecule has 0 aromatic carbocycles. The summed E-state index contributed by atoms with van der Waals surface area (Å²) in [6.45, 7) is 3.14. The highest BCUT2D eigenvalue weighted by Crippen LogP contribution is 2.13. The molecule has 4 nitrogen and oxygen atoms in total. The van der Waals surface area contributed by atoms with Crippen LogP contribution in [-0.4, -0.2) is 21.9 Å². The molecule has 0 aliphatic heterocycles. The summed E-state index contributed by atoms with van der Waals surface area (Å²) in [4.78, 5) is 26.8. The van der Waals surface area contributed by atoms with Crippen LogP contribution in [0.4, 0.5) is 0 Å². The molecule has 0 N–H and O–H groups in total. The molecule has 19 heavy (non-hydrogen) atoms. The fourth-order valence-electron chi connectivity index (χ4n) is 1.78. The monoisotopic (exact) mass is 276 g/mol. The Hall–Kier alpha value is -1.88. The Kier molecular flexibility index (Phi) is 4.16. The second-order valence-corrected chi connectivity index (χ2v) is 5.30. The summed E-state index contributed by atoms with van der Waals surface area (Å²) in [6.07, 6.45) is 1.62. The quantitative estimate of drug-likeness (QED) is 0.858. The summed E-state index contributed by atoms with van der Waals surface area (Å²) in [5, 5.41) is 1.99. The van der Waals surface area contributed by atoms with Gasteiger partial charge in [-0.1, -0.05) is 6.07 Å². The summed E-state index contributed by atoms with van der Waals surface area (Å²) in [5.74, 6) is -0.103. The molecule has 2 aromatic heterocycles. The molecule has 1 amide bonds. The summed E-state index contributed by atoms with van der Waals surface area (Å²) >= 11 is 1.63. The fourth-order valence-corrected chi connectivity index (χ4v) is 2.50. The van der Waals surface area contributed by atoms with E-state index in [-0.39, 0.29) is 11.5 Å². The van der Waals surface area contributed by atoms with Gasteiger partial charge in [0.05, 0.1) is 6.54 Å². The standard InChI is InChI=1S/C14H16N2O2S/c1-3-16(10-12-5-4-8-19-12)14(18)11-6-7-15(2)13(17)9-11/h4-9H,3,10H2,1-2H3. The van der Waals surface area contributed by atoms with E-state index in [0.717, 1.165) is 4.88 Å². The number of amides is 1. The predicted molar refractivity (Wildman–Crippen MR) is 76.4 cm³/mol. The molecule has 0 unspecified atom stereocenters. The third-order valence-electron chi connectivity index (χ3n) is 2.95. The molecule has 0 radical (unpaired) electrons. The van der Waals surface area contributed by atoms with E-state index in [1.165, 1.54) is 10.6 Å². The molecular weight excluding hydrogens is 260 g/mol. The third kappa shape index (κ3) is 3.12. The van der Waals surface area contributed by atoms with Gasteiger partial charge in [-0.15, -0.1) is 11.3 Å². The number of pyridine rings is 1. The first-order valence-electron chi connectivity index (χ1n) is 6.10. The van der Waals surface area contributed by atoms with Crippen LogP contribution in [0, 0.1) is 0 Å². The lowest BCUT2D eigenvalue weighted by Gasteiger charge is -2.20. The lowest BCUT2D eigenvalue weighted by atomic mass is 10.2. The maximum atomic E-state index is 12.3. The highest BCUT2D eigenvalue weighted by molar-refractivity contribution is 7.09. The third-order valence-corrected chi connectivity index (χ3v) is 3.81. The number of carbonyl (C=O) groups is 1. The number of rotatable bonds is 4. The van der Waals surface area contributed by atoms with Crippen molar-refractivity contribution in [1.82, 2.24) is 9.47 Å². The van der Waals surface area contributed by atoms with Crippen LogP contribution in [0.1, 0.15) is 22.2 Å². The molecule has 0 spiro atoms. The average Bonchev–Trinajstić information content (AvgIpc) is 2.91. The number of carbonyl (C=O) groups excluding carboxylic acids is 1. The van der Waals surface area contributed by atoms with Crippen molar-refractivity contribution < 1.29 is 4.79 Å². The molecule has 0 aliphatic carbocycles. The number of hydrogen-bond acceptors (Lipinski definition) is 3. The van der Waals surface area contributed by atoms with E-state index in [4.69, 9.17) is 0 Å². The summed E-state index contributed by atoms with van der Waals surface area (Å²) in [5.41, 5.74) is 0.277.